The number of fused-ring (bicyclic) bond motifs is 1. The number of carbonyl (C=O) groups is 1. The first kappa shape index (κ1) is 20.9. The highest BCUT2D eigenvalue weighted by molar-refractivity contribution is 7.99. The van der Waals surface area contributed by atoms with Gasteiger partial charge in [0.15, 0.2) is 11.0 Å². The fourth-order valence-corrected chi connectivity index (χ4v) is 3.89. The largest absolute Gasteiger partial charge is 0.486 e. The molecule has 1 amide bonds. The Morgan fingerprint density at radius 2 is 1.81 bits per heavy atom. The zero-order valence-corrected chi connectivity index (χ0v) is 18.4. The van der Waals surface area contributed by atoms with Crippen LogP contribution in [0.1, 0.15) is 18.3 Å². The fraction of sp³-hybridized carbons (Fsp3) is 0.208. The Balaban J connectivity index is 1.30. The van der Waals surface area contributed by atoms with Crippen molar-refractivity contribution in [3.8, 4) is 5.75 Å². The van der Waals surface area contributed by atoms with Crippen LogP contribution in [0.15, 0.2) is 71.9 Å². The molecule has 31 heavy (non-hydrogen) atoms. The number of benzene rings is 3. The number of hydrogen-bond acceptors (Lipinski definition) is 5. The number of aromatic nitrogens is 3. The minimum atomic E-state index is -0.0860. The van der Waals surface area contributed by atoms with Crippen molar-refractivity contribution >= 4 is 34.1 Å². The molecule has 158 valence electrons. The summed E-state index contributed by atoms with van der Waals surface area (Å²) in [7, 11) is 1.88. The van der Waals surface area contributed by atoms with Crippen LogP contribution in [0.2, 0.25) is 0 Å². The zero-order valence-electron chi connectivity index (χ0n) is 17.5. The van der Waals surface area contributed by atoms with E-state index in [-0.39, 0.29) is 11.7 Å². The Morgan fingerprint density at radius 1 is 1.03 bits per heavy atom. The van der Waals surface area contributed by atoms with E-state index in [4.69, 9.17) is 4.74 Å². The molecule has 0 aliphatic rings. The zero-order chi connectivity index (χ0) is 21.6. The van der Waals surface area contributed by atoms with E-state index >= 15 is 0 Å². The molecule has 0 spiro atoms. The normalized spacial score (nSPS) is 10.9. The number of rotatable bonds is 8. The van der Waals surface area contributed by atoms with Gasteiger partial charge < -0.3 is 14.6 Å². The van der Waals surface area contributed by atoms with Crippen LogP contribution in [0.4, 0.5) is 5.69 Å². The van der Waals surface area contributed by atoms with Gasteiger partial charge in [-0.2, -0.15) is 0 Å². The number of anilines is 1. The Kier molecular flexibility index (Phi) is 6.52. The van der Waals surface area contributed by atoms with E-state index in [1.165, 1.54) is 17.3 Å². The molecular weight excluding hydrogens is 408 g/mol. The predicted molar refractivity (Wildman–Crippen MR) is 124 cm³/mol. The molecule has 7 heteroatoms. The summed E-state index contributed by atoms with van der Waals surface area (Å²) in [4.78, 5) is 12.4. The monoisotopic (exact) mass is 432 g/mol. The summed E-state index contributed by atoms with van der Waals surface area (Å²) in [6.45, 7) is 2.44. The minimum Gasteiger partial charge on any atom is -0.486 e. The highest BCUT2D eigenvalue weighted by Gasteiger charge is 2.12. The Labute approximate surface area is 185 Å². The lowest BCUT2D eigenvalue weighted by atomic mass is 10.1. The van der Waals surface area contributed by atoms with Crippen molar-refractivity contribution in [3.63, 3.8) is 0 Å². The second kappa shape index (κ2) is 9.66. The van der Waals surface area contributed by atoms with Crippen molar-refractivity contribution in [1.82, 2.24) is 14.8 Å². The van der Waals surface area contributed by atoms with Crippen molar-refractivity contribution in [3.05, 3.63) is 78.1 Å². The molecule has 1 heterocycles. The van der Waals surface area contributed by atoms with Gasteiger partial charge in [-0.25, -0.2) is 0 Å². The lowest BCUT2D eigenvalue weighted by Crippen LogP contribution is -2.14. The van der Waals surface area contributed by atoms with E-state index in [9.17, 15) is 4.79 Å². The third kappa shape index (κ3) is 5.24. The number of nitrogens with zero attached hydrogens (tertiary/aromatic N) is 3. The summed E-state index contributed by atoms with van der Waals surface area (Å²) in [5.74, 6) is 1.66. The molecule has 0 unspecified atom stereocenters. The van der Waals surface area contributed by atoms with E-state index in [0.29, 0.717) is 17.6 Å². The minimum absolute atomic E-state index is 0.0860. The highest BCUT2D eigenvalue weighted by atomic mass is 32.2. The maximum atomic E-state index is 12.4. The standard InChI is InChI=1S/C24H24N4O2S/c1-3-17-8-12-21(13-9-17)30-15-22-26-27-24(28(22)2)31-16-23(29)25-20-11-10-18-6-4-5-7-19(18)14-20/h4-14H,3,15-16H2,1-2H3,(H,25,29). The van der Waals surface area contributed by atoms with Gasteiger partial charge in [-0.05, 0) is 47.0 Å². The summed E-state index contributed by atoms with van der Waals surface area (Å²) in [5.41, 5.74) is 2.05. The maximum Gasteiger partial charge on any atom is 0.234 e. The quantitative estimate of drug-likeness (QED) is 0.404. The van der Waals surface area contributed by atoms with Crippen LogP contribution >= 0.6 is 11.8 Å². The summed E-state index contributed by atoms with van der Waals surface area (Å²) < 4.78 is 7.67. The van der Waals surface area contributed by atoms with Gasteiger partial charge in [-0.15, -0.1) is 10.2 Å². The molecule has 4 aromatic rings. The van der Waals surface area contributed by atoms with Gasteiger partial charge in [0, 0.05) is 12.7 Å². The van der Waals surface area contributed by atoms with Crippen LogP contribution < -0.4 is 10.1 Å². The first-order valence-corrected chi connectivity index (χ1v) is 11.1. The molecule has 0 fully saturated rings. The van der Waals surface area contributed by atoms with Gasteiger partial charge in [0.1, 0.15) is 12.4 Å². The molecular formula is C24H24N4O2S. The Bertz CT molecular complexity index is 1190. The summed E-state index contributed by atoms with van der Waals surface area (Å²) in [6.07, 6.45) is 0.999. The average Bonchev–Trinajstić information content (AvgIpc) is 3.16. The Hall–Kier alpha value is -3.32. The lowest BCUT2D eigenvalue weighted by molar-refractivity contribution is -0.113. The smallest absolute Gasteiger partial charge is 0.234 e. The van der Waals surface area contributed by atoms with Crippen molar-refractivity contribution in [1.29, 1.82) is 0 Å². The van der Waals surface area contributed by atoms with Crippen molar-refractivity contribution in [2.24, 2.45) is 7.05 Å². The van der Waals surface area contributed by atoms with Crippen molar-refractivity contribution < 1.29 is 9.53 Å². The Morgan fingerprint density at radius 3 is 2.58 bits per heavy atom. The maximum absolute atomic E-state index is 12.4. The van der Waals surface area contributed by atoms with E-state index in [2.05, 4.69) is 34.6 Å². The number of hydrogen-bond donors (Lipinski definition) is 1. The van der Waals surface area contributed by atoms with Crippen LogP contribution in [-0.2, 0) is 24.9 Å². The lowest BCUT2D eigenvalue weighted by Gasteiger charge is -2.08. The molecule has 0 radical (unpaired) electrons. The number of carbonyl (C=O) groups excluding carboxylic acids is 1. The fourth-order valence-electron chi connectivity index (χ4n) is 3.16. The van der Waals surface area contributed by atoms with Crippen LogP contribution in [-0.4, -0.2) is 26.4 Å². The van der Waals surface area contributed by atoms with Crippen LogP contribution in [0.5, 0.6) is 5.75 Å². The molecule has 0 atom stereocenters. The van der Waals surface area contributed by atoms with Crippen LogP contribution in [0, 0.1) is 0 Å². The van der Waals surface area contributed by atoms with E-state index in [1.54, 1.807) is 0 Å². The number of nitrogens with one attached hydrogen (secondary N) is 1. The molecule has 0 saturated carbocycles. The van der Waals surface area contributed by atoms with E-state index < -0.39 is 0 Å². The summed E-state index contributed by atoms with van der Waals surface area (Å²) in [6, 6.07) is 22.0. The van der Waals surface area contributed by atoms with E-state index in [1.807, 2.05) is 66.2 Å². The molecule has 0 saturated heterocycles. The molecule has 0 aliphatic heterocycles. The molecule has 0 aliphatic carbocycles. The van der Waals surface area contributed by atoms with Gasteiger partial charge in [-0.1, -0.05) is 61.2 Å². The number of thioether (sulfide) groups is 1. The van der Waals surface area contributed by atoms with Gasteiger partial charge >= 0.3 is 0 Å². The van der Waals surface area contributed by atoms with Gasteiger partial charge in [0.05, 0.1) is 5.75 Å². The van der Waals surface area contributed by atoms with Crippen LogP contribution in [0.3, 0.4) is 0 Å². The number of ether oxygens (including phenoxy) is 1. The third-order valence-electron chi connectivity index (χ3n) is 4.99. The predicted octanol–water partition coefficient (Wildman–Crippen LogP) is 4.84. The summed E-state index contributed by atoms with van der Waals surface area (Å²) >= 11 is 1.35. The molecule has 3 aromatic carbocycles. The SMILES string of the molecule is CCc1ccc(OCc2nnc(SCC(=O)Nc3ccc4ccccc4c3)n2C)cc1. The number of aryl methyl sites for hydroxylation is 1. The van der Waals surface area contributed by atoms with Crippen molar-refractivity contribution in [2.45, 2.75) is 25.1 Å². The molecule has 6 nitrogen and oxygen atoms in total. The molecule has 1 N–H and O–H groups in total. The average molecular weight is 433 g/mol. The van der Waals surface area contributed by atoms with Gasteiger partial charge in [-0.3, -0.25) is 4.79 Å². The summed E-state index contributed by atoms with van der Waals surface area (Å²) in [5, 5.41) is 14.2. The second-order valence-corrected chi connectivity index (χ2v) is 8.09. The van der Waals surface area contributed by atoms with E-state index in [0.717, 1.165) is 28.6 Å². The molecule has 1 aromatic heterocycles. The number of amides is 1. The topological polar surface area (TPSA) is 69.0 Å². The van der Waals surface area contributed by atoms with Gasteiger partial charge in [0.25, 0.3) is 0 Å². The van der Waals surface area contributed by atoms with Gasteiger partial charge in [0.2, 0.25) is 5.91 Å². The first-order valence-electron chi connectivity index (χ1n) is 10.1. The third-order valence-corrected chi connectivity index (χ3v) is 6.01. The molecule has 0 bridgehead atoms. The first-order chi connectivity index (χ1) is 15.1. The second-order valence-electron chi connectivity index (χ2n) is 7.14. The van der Waals surface area contributed by atoms with Crippen molar-refractivity contribution in [2.75, 3.05) is 11.1 Å². The highest BCUT2D eigenvalue weighted by Crippen LogP contribution is 2.21. The van der Waals surface area contributed by atoms with Crippen LogP contribution in [0.25, 0.3) is 10.8 Å². The molecule has 4 rings (SSSR count).